The summed E-state index contributed by atoms with van der Waals surface area (Å²) in [6.07, 6.45) is 0.910. The Morgan fingerprint density at radius 2 is 2.05 bits per heavy atom. The van der Waals surface area contributed by atoms with E-state index >= 15 is 0 Å². The summed E-state index contributed by atoms with van der Waals surface area (Å²) in [7, 11) is 0. The van der Waals surface area contributed by atoms with Gasteiger partial charge in [-0.15, -0.1) is 0 Å². The molecule has 1 saturated heterocycles. The molecule has 21 heavy (non-hydrogen) atoms. The molecule has 1 fully saturated rings. The Morgan fingerprint density at radius 1 is 1.33 bits per heavy atom. The largest absolute Gasteiger partial charge is 0.382 e. The molecule has 0 bridgehead atoms. The molecule has 1 aromatic carbocycles. The number of rotatable bonds is 7. The van der Waals surface area contributed by atoms with Gasteiger partial charge in [-0.3, -0.25) is 9.59 Å². The van der Waals surface area contributed by atoms with E-state index in [1.807, 2.05) is 6.92 Å². The zero-order chi connectivity index (χ0) is 15.2. The van der Waals surface area contributed by atoms with Crippen molar-refractivity contribution in [1.29, 1.82) is 0 Å². The van der Waals surface area contributed by atoms with Gasteiger partial charge in [-0.25, -0.2) is 9.29 Å². The maximum absolute atomic E-state index is 12.9. The maximum atomic E-state index is 12.9. The van der Waals surface area contributed by atoms with Crippen molar-refractivity contribution in [2.75, 3.05) is 24.7 Å². The monoisotopic (exact) mass is 294 g/mol. The topological polar surface area (TPSA) is 58.6 Å². The molecule has 1 heterocycles. The molecule has 1 aliphatic heterocycles. The molecule has 1 atom stereocenters. The van der Waals surface area contributed by atoms with Crippen molar-refractivity contribution in [3.63, 3.8) is 0 Å². The molecule has 1 unspecified atom stereocenters. The highest BCUT2D eigenvalue weighted by molar-refractivity contribution is 6.22. The van der Waals surface area contributed by atoms with Gasteiger partial charge in [0.1, 0.15) is 5.82 Å². The molecule has 1 aliphatic rings. The molecular formula is C15H19FN2O3. The van der Waals surface area contributed by atoms with Crippen LogP contribution in [0, 0.1) is 5.82 Å². The van der Waals surface area contributed by atoms with Crippen LogP contribution >= 0.6 is 0 Å². The van der Waals surface area contributed by atoms with Gasteiger partial charge in [0.25, 0.3) is 5.91 Å². The second-order valence-corrected chi connectivity index (χ2v) is 4.81. The Morgan fingerprint density at radius 3 is 2.71 bits per heavy atom. The van der Waals surface area contributed by atoms with Crippen LogP contribution in [-0.4, -0.2) is 37.6 Å². The number of anilines is 1. The summed E-state index contributed by atoms with van der Waals surface area (Å²) in [5.74, 6) is -0.958. The van der Waals surface area contributed by atoms with Gasteiger partial charge in [-0.1, -0.05) is 0 Å². The van der Waals surface area contributed by atoms with Crippen molar-refractivity contribution in [3.8, 4) is 0 Å². The number of carbonyl (C=O) groups excluding carboxylic acids is 2. The number of nitrogens with one attached hydrogen (secondary N) is 1. The van der Waals surface area contributed by atoms with Crippen LogP contribution in [0.15, 0.2) is 24.3 Å². The molecule has 6 heteroatoms. The summed E-state index contributed by atoms with van der Waals surface area (Å²) in [4.78, 5) is 25.3. The first-order valence-electron chi connectivity index (χ1n) is 7.07. The minimum atomic E-state index is -0.510. The van der Waals surface area contributed by atoms with Crippen LogP contribution in [0.3, 0.4) is 0 Å². The number of imide groups is 1. The average molecular weight is 294 g/mol. The van der Waals surface area contributed by atoms with Crippen molar-refractivity contribution in [2.45, 2.75) is 25.8 Å². The van der Waals surface area contributed by atoms with E-state index in [4.69, 9.17) is 4.74 Å². The van der Waals surface area contributed by atoms with E-state index in [-0.39, 0.29) is 18.2 Å². The van der Waals surface area contributed by atoms with Crippen LogP contribution < -0.4 is 10.2 Å². The number of halogens is 1. The standard InChI is InChI=1S/C15H19FN2O3/c1-2-21-9-3-8-17-13-10-14(19)18(15(13)20)12-6-4-11(16)5-7-12/h4-7,13,17H,2-3,8-10H2,1H3. The number of amides is 2. The van der Waals surface area contributed by atoms with E-state index in [1.54, 1.807) is 0 Å². The summed E-state index contributed by atoms with van der Waals surface area (Å²) in [5.41, 5.74) is 0.407. The highest BCUT2D eigenvalue weighted by Crippen LogP contribution is 2.22. The van der Waals surface area contributed by atoms with Crippen LogP contribution in [0.1, 0.15) is 19.8 Å². The molecule has 2 amide bonds. The molecule has 2 rings (SSSR count). The first-order valence-corrected chi connectivity index (χ1v) is 7.07. The van der Waals surface area contributed by atoms with Gasteiger partial charge < -0.3 is 10.1 Å². The van der Waals surface area contributed by atoms with Crippen molar-refractivity contribution in [1.82, 2.24) is 5.32 Å². The quantitative estimate of drug-likeness (QED) is 0.611. The molecule has 114 valence electrons. The van der Waals surface area contributed by atoms with E-state index in [2.05, 4.69) is 5.32 Å². The Kier molecular flexibility index (Phi) is 5.41. The van der Waals surface area contributed by atoms with Crippen LogP contribution in [0.25, 0.3) is 0 Å². The summed E-state index contributed by atoms with van der Waals surface area (Å²) in [5, 5.41) is 3.07. The Balaban J connectivity index is 1.92. The van der Waals surface area contributed by atoms with Crippen molar-refractivity contribution in [2.24, 2.45) is 0 Å². The summed E-state index contributed by atoms with van der Waals surface area (Å²) >= 11 is 0. The third-order valence-corrected chi connectivity index (χ3v) is 3.29. The minimum Gasteiger partial charge on any atom is -0.382 e. The van der Waals surface area contributed by atoms with Gasteiger partial charge in [-0.2, -0.15) is 0 Å². The fraction of sp³-hybridized carbons (Fsp3) is 0.467. The molecule has 0 aromatic heterocycles. The van der Waals surface area contributed by atoms with Gasteiger partial charge in [0.15, 0.2) is 0 Å². The van der Waals surface area contributed by atoms with Gasteiger partial charge >= 0.3 is 0 Å². The Bertz CT molecular complexity index is 504. The molecular weight excluding hydrogens is 275 g/mol. The first-order chi connectivity index (χ1) is 10.1. The number of benzene rings is 1. The lowest BCUT2D eigenvalue weighted by Gasteiger charge is -2.15. The number of carbonyl (C=O) groups is 2. The van der Waals surface area contributed by atoms with E-state index in [0.29, 0.717) is 25.4 Å². The fourth-order valence-electron chi connectivity index (χ4n) is 2.25. The lowest BCUT2D eigenvalue weighted by molar-refractivity contribution is -0.121. The molecule has 0 spiro atoms. The zero-order valence-electron chi connectivity index (χ0n) is 12.0. The first kappa shape index (κ1) is 15.6. The van der Waals surface area contributed by atoms with Crippen LogP contribution in [0.4, 0.5) is 10.1 Å². The van der Waals surface area contributed by atoms with Gasteiger partial charge in [-0.05, 0) is 44.2 Å². The van der Waals surface area contributed by atoms with E-state index in [1.165, 1.54) is 24.3 Å². The second-order valence-electron chi connectivity index (χ2n) is 4.81. The third kappa shape index (κ3) is 3.86. The highest BCUT2D eigenvalue weighted by atomic mass is 19.1. The molecule has 1 N–H and O–H groups in total. The normalized spacial score (nSPS) is 18.6. The molecule has 1 aromatic rings. The Hall–Kier alpha value is -1.79. The van der Waals surface area contributed by atoms with Crippen LogP contribution in [0.5, 0.6) is 0 Å². The van der Waals surface area contributed by atoms with E-state index in [9.17, 15) is 14.0 Å². The zero-order valence-corrected chi connectivity index (χ0v) is 12.0. The fourth-order valence-corrected chi connectivity index (χ4v) is 2.25. The third-order valence-electron chi connectivity index (χ3n) is 3.29. The van der Waals surface area contributed by atoms with E-state index in [0.717, 1.165) is 11.3 Å². The number of hydrogen-bond donors (Lipinski definition) is 1. The van der Waals surface area contributed by atoms with Crippen LogP contribution in [-0.2, 0) is 14.3 Å². The van der Waals surface area contributed by atoms with Crippen molar-refractivity contribution < 1.29 is 18.7 Å². The average Bonchev–Trinajstić information content (AvgIpc) is 2.75. The predicted molar refractivity (Wildman–Crippen MR) is 76.4 cm³/mol. The lowest BCUT2D eigenvalue weighted by atomic mass is 10.2. The van der Waals surface area contributed by atoms with Crippen molar-refractivity contribution >= 4 is 17.5 Å². The van der Waals surface area contributed by atoms with Crippen molar-refractivity contribution in [3.05, 3.63) is 30.1 Å². The molecule has 0 aliphatic carbocycles. The number of ether oxygens (including phenoxy) is 1. The highest BCUT2D eigenvalue weighted by Gasteiger charge is 2.39. The summed E-state index contributed by atoms with van der Waals surface area (Å²) in [6.45, 7) is 3.83. The Labute approximate surface area is 123 Å². The second kappa shape index (κ2) is 7.28. The summed E-state index contributed by atoms with van der Waals surface area (Å²) < 4.78 is 18.1. The molecule has 0 saturated carbocycles. The SMILES string of the molecule is CCOCCCNC1CC(=O)N(c2ccc(F)cc2)C1=O. The molecule has 0 radical (unpaired) electrons. The minimum absolute atomic E-state index is 0.130. The molecule has 5 nitrogen and oxygen atoms in total. The number of hydrogen-bond acceptors (Lipinski definition) is 4. The van der Waals surface area contributed by atoms with Crippen LogP contribution in [0.2, 0.25) is 0 Å². The summed E-state index contributed by atoms with van der Waals surface area (Å²) in [6, 6.07) is 4.83. The smallest absolute Gasteiger partial charge is 0.251 e. The lowest BCUT2D eigenvalue weighted by Crippen LogP contribution is -2.39. The maximum Gasteiger partial charge on any atom is 0.251 e. The van der Waals surface area contributed by atoms with E-state index < -0.39 is 11.9 Å². The number of nitrogens with zero attached hydrogens (tertiary/aromatic N) is 1. The predicted octanol–water partition coefficient (Wildman–Crippen LogP) is 1.47. The van der Waals surface area contributed by atoms with Gasteiger partial charge in [0.05, 0.1) is 18.2 Å². The van der Waals surface area contributed by atoms with Gasteiger partial charge in [0.2, 0.25) is 5.91 Å². The van der Waals surface area contributed by atoms with Gasteiger partial charge in [0, 0.05) is 13.2 Å².